The summed E-state index contributed by atoms with van der Waals surface area (Å²) in [4.78, 5) is 5.39. The van der Waals surface area contributed by atoms with Crippen LogP contribution in [0.2, 0.25) is 0 Å². The molecule has 0 bridgehead atoms. The molecule has 0 amide bonds. The summed E-state index contributed by atoms with van der Waals surface area (Å²) < 4.78 is 0. The lowest BCUT2D eigenvalue weighted by molar-refractivity contribution is 1.24. The van der Waals surface area contributed by atoms with E-state index in [0.717, 1.165) is 0 Å². The van der Waals surface area contributed by atoms with Crippen LogP contribution < -0.4 is 0 Å². The van der Waals surface area contributed by atoms with E-state index in [0.29, 0.717) is 0 Å². The van der Waals surface area contributed by atoms with E-state index in [2.05, 4.69) is 23.6 Å². The minimum Gasteiger partial charge on any atom is -0.264 e. The standard InChI is InChI=1S/C7H11NS/c1-9(2)7-4-3-5-8-6-7/h3-6,9H,1-2H3. The van der Waals surface area contributed by atoms with Crippen molar-refractivity contribution in [3.8, 4) is 0 Å². The molecule has 0 saturated heterocycles. The maximum atomic E-state index is 4.02. The largest absolute Gasteiger partial charge is 0.264 e. The zero-order valence-electron chi connectivity index (χ0n) is 5.70. The normalized spacial score (nSPS) is 11.1. The van der Waals surface area contributed by atoms with Gasteiger partial charge < -0.3 is 0 Å². The van der Waals surface area contributed by atoms with Gasteiger partial charge in [-0.05, 0) is 24.6 Å². The van der Waals surface area contributed by atoms with Crippen LogP contribution in [0.4, 0.5) is 0 Å². The molecule has 0 N–H and O–H groups in total. The van der Waals surface area contributed by atoms with Crippen molar-refractivity contribution in [3.63, 3.8) is 0 Å². The highest BCUT2D eigenvalue weighted by Gasteiger charge is 1.89. The molecular formula is C7H11NS. The van der Waals surface area contributed by atoms with Gasteiger partial charge in [-0.25, -0.2) is 10.9 Å². The van der Waals surface area contributed by atoms with Crippen LogP contribution >= 0.6 is 10.9 Å². The monoisotopic (exact) mass is 141 g/mol. The molecule has 0 spiro atoms. The Kier molecular flexibility index (Phi) is 2.11. The number of rotatable bonds is 1. The topological polar surface area (TPSA) is 12.9 Å². The molecule has 0 fully saturated rings. The van der Waals surface area contributed by atoms with Gasteiger partial charge in [-0.3, -0.25) is 4.98 Å². The lowest BCUT2D eigenvalue weighted by Crippen LogP contribution is -1.77. The lowest BCUT2D eigenvalue weighted by atomic mass is 10.5. The third-order valence-corrected chi connectivity index (χ3v) is 2.46. The summed E-state index contributed by atoms with van der Waals surface area (Å²) in [6.07, 6.45) is 8.20. The molecule has 2 heteroatoms. The van der Waals surface area contributed by atoms with Crippen molar-refractivity contribution < 1.29 is 0 Å². The average molecular weight is 141 g/mol. The molecule has 0 aromatic carbocycles. The van der Waals surface area contributed by atoms with Gasteiger partial charge in [0.05, 0.1) is 0 Å². The van der Waals surface area contributed by atoms with Crippen LogP contribution in [0, 0.1) is 0 Å². The Labute approximate surface area is 58.5 Å². The molecule has 1 aromatic heterocycles. The number of aromatic nitrogens is 1. The first kappa shape index (κ1) is 6.62. The van der Waals surface area contributed by atoms with Crippen molar-refractivity contribution in [2.75, 3.05) is 12.5 Å². The molecule has 0 radical (unpaired) electrons. The van der Waals surface area contributed by atoms with Gasteiger partial charge in [0.25, 0.3) is 0 Å². The molecule has 1 rings (SSSR count). The summed E-state index contributed by atoms with van der Waals surface area (Å²) in [6, 6.07) is 4.11. The zero-order valence-corrected chi connectivity index (χ0v) is 6.60. The van der Waals surface area contributed by atoms with E-state index in [1.807, 2.05) is 18.5 Å². The first-order valence-corrected chi connectivity index (χ1v) is 5.11. The predicted molar refractivity (Wildman–Crippen MR) is 43.3 cm³/mol. The van der Waals surface area contributed by atoms with Gasteiger partial charge >= 0.3 is 0 Å². The van der Waals surface area contributed by atoms with E-state index >= 15 is 0 Å². The number of hydrogen-bond acceptors (Lipinski definition) is 1. The highest BCUT2D eigenvalue weighted by molar-refractivity contribution is 8.15. The van der Waals surface area contributed by atoms with Crippen molar-refractivity contribution in [2.45, 2.75) is 4.90 Å². The first-order valence-electron chi connectivity index (χ1n) is 2.88. The molecule has 0 saturated carbocycles. The van der Waals surface area contributed by atoms with Gasteiger partial charge in [0.1, 0.15) is 0 Å². The molecule has 50 valence electrons. The second-order valence-corrected chi connectivity index (χ2v) is 4.41. The second-order valence-electron chi connectivity index (χ2n) is 2.11. The highest BCUT2D eigenvalue weighted by atomic mass is 32.2. The number of hydrogen-bond donors (Lipinski definition) is 1. The highest BCUT2D eigenvalue weighted by Crippen LogP contribution is 2.25. The van der Waals surface area contributed by atoms with E-state index in [1.54, 1.807) is 0 Å². The van der Waals surface area contributed by atoms with Gasteiger partial charge in [0.2, 0.25) is 0 Å². The summed E-state index contributed by atoms with van der Waals surface area (Å²) in [7, 11) is 0.0419. The fourth-order valence-electron chi connectivity index (χ4n) is 0.618. The summed E-state index contributed by atoms with van der Waals surface area (Å²) in [5.74, 6) is 0. The molecule has 9 heavy (non-hydrogen) atoms. The zero-order chi connectivity index (χ0) is 6.69. The Morgan fingerprint density at radius 3 is 2.56 bits per heavy atom. The maximum Gasteiger partial charge on any atom is 0.0386 e. The Bertz CT molecular complexity index is 172. The van der Waals surface area contributed by atoms with Gasteiger partial charge in [0, 0.05) is 17.3 Å². The molecule has 0 aliphatic carbocycles. The van der Waals surface area contributed by atoms with E-state index in [1.165, 1.54) is 4.90 Å². The third kappa shape index (κ3) is 1.72. The molecule has 0 aliphatic rings. The quantitative estimate of drug-likeness (QED) is 0.587. The minimum atomic E-state index is 0.0419. The second kappa shape index (κ2) is 2.87. The fraction of sp³-hybridized carbons (Fsp3) is 0.286. The average Bonchev–Trinajstić information content (AvgIpc) is 1.90. The van der Waals surface area contributed by atoms with E-state index in [-0.39, 0.29) is 10.9 Å². The van der Waals surface area contributed by atoms with Crippen molar-refractivity contribution in [3.05, 3.63) is 24.5 Å². The Hall–Kier alpha value is -0.500. The summed E-state index contributed by atoms with van der Waals surface area (Å²) >= 11 is 0. The number of pyridine rings is 1. The maximum absolute atomic E-state index is 4.02. The molecule has 1 heterocycles. The van der Waals surface area contributed by atoms with E-state index in [4.69, 9.17) is 0 Å². The SMILES string of the molecule is C[SH](C)c1cccnc1. The number of thiol groups is 1. The van der Waals surface area contributed by atoms with Crippen LogP contribution in [-0.4, -0.2) is 17.5 Å². The van der Waals surface area contributed by atoms with Crippen LogP contribution in [0.15, 0.2) is 29.4 Å². The lowest BCUT2D eigenvalue weighted by Gasteiger charge is -2.06. The summed E-state index contributed by atoms with van der Waals surface area (Å²) in [6.45, 7) is 0. The van der Waals surface area contributed by atoms with Crippen LogP contribution in [0.5, 0.6) is 0 Å². The molecule has 0 unspecified atom stereocenters. The van der Waals surface area contributed by atoms with Crippen molar-refractivity contribution in [1.29, 1.82) is 0 Å². The summed E-state index contributed by atoms with van der Waals surface area (Å²) in [5, 5.41) is 0. The van der Waals surface area contributed by atoms with Gasteiger partial charge in [-0.1, -0.05) is 0 Å². The smallest absolute Gasteiger partial charge is 0.0386 e. The van der Waals surface area contributed by atoms with Crippen LogP contribution in [0.3, 0.4) is 0 Å². The fourth-order valence-corrected chi connectivity index (χ4v) is 1.30. The molecule has 1 aromatic rings. The van der Waals surface area contributed by atoms with Gasteiger partial charge in [-0.15, -0.1) is 0 Å². The van der Waals surface area contributed by atoms with E-state index < -0.39 is 0 Å². The van der Waals surface area contributed by atoms with Crippen LogP contribution in [-0.2, 0) is 0 Å². The predicted octanol–water partition coefficient (Wildman–Crippen LogP) is 1.70. The molecular weight excluding hydrogens is 130 g/mol. The molecule has 0 aliphatic heterocycles. The van der Waals surface area contributed by atoms with Crippen molar-refractivity contribution >= 4 is 10.9 Å². The third-order valence-electron chi connectivity index (χ3n) is 1.16. The number of nitrogens with zero attached hydrogens (tertiary/aromatic N) is 1. The van der Waals surface area contributed by atoms with Gasteiger partial charge in [0.15, 0.2) is 0 Å². The summed E-state index contributed by atoms with van der Waals surface area (Å²) in [5.41, 5.74) is 0. The van der Waals surface area contributed by atoms with Gasteiger partial charge in [-0.2, -0.15) is 0 Å². The molecule has 0 atom stereocenters. The Morgan fingerprint density at radius 1 is 1.44 bits per heavy atom. The molecule has 1 nitrogen and oxygen atoms in total. The Morgan fingerprint density at radius 2 is 2.22 bits per heavy atom. The van der Waals surface area contributed by atoms with Crippen molar-refractivity contribution in [1.82, 2.24) is 4.98 Å². The Balaban J connectivity index is 2.85. The van der Waals surface area contributed by atoms with Crippen LogP contribution in [0.25, 0.3) is 0 Å². The first-order chi connectivity index (χ1) is 4.30. The van der Waals surface area contributed by atoms with E-state index in [9.17, 15) is 0 Å². The van der Waals surface area contributed by atoms with Crippen molar-refractivity contribution in [2.24, 2.45) is 0 Å². The van der Waals surface area contributed by atoms with Crippen LogP contribution in [0.1, 0.15) is 0 Å². The minimum absolute atomic E-state index is 0.0419.